The summed E-state index contributed by atoms with van der Waals surface area (Å²) in [6, 6.07) is 8.82. The molecule has 1 atom stereocenters. The maximum atomic E-state index is 13.2. The summed E-state index contributed by atoms with van der Waals surface area (Å²) in [5.74, 6) is -0.437. The molecule has 1 unspecified atom stereocenters. The van der Waals surface area contributed by atoms with Gasteiger partial charge in [0.05, 0.1) is 12.0 Å². The standard InChI is InChI=1S/C23H28F2N2O5S/c1-15-7-9-18(33(29,30)27-11-5-4-6-16(27)2)13-19(15)22(28)26-14-17-8-10-20(32-23(24)25)21(12-17)31-3/h7-10,12-13,16,23H,4-6,11,14H2,1-3H3,(H,26,28). The van der Waals surface area contributed by atoms with Crippen LogP contribution >= 0.6 is 0 Å². The number of carbonyl (C=O) groups is 1. The fourth-order valence-electron chi connectivity index (χ4n) is 3.86. The summed E-state index contributed by atoms with van der Waals surface area (Å²) in [6.45, 7) is 1.19. The van der Waals surface area contributed by atoms with Gasteiger partial charge in [-0.25, -0.2) is 8.42 Å². The van der Waals surface area contributed by atoms with Gasteiger partial charge in [-0.1, -0.05) is 18.6 Å². The molecule has 2 aromatic rings. The van der Waals surface area contributed by atoms with E-state index >= 15 is 0 Å². The van der Waals surface area contributed by atoms with Crippen LogP contribution in [-0.2, 0) is 16.6 Å². The van der Waals surface area contributed by atoms with Crippen molar-refractivity contribution >= 4 is 15.9 Å². The molecule has 180 valence electrons. The largest absolute Gasteiger partial charge is 0.493 e. The van der Waals surface area contributed by atoms with Crippen molar-refractivity contribution < 1.29 is 31.5 Å². The number of aryl methyl sites for hydroxylation is 1. The second-order valence-corrected chi connectivity index (χ2v) is 9.87. The number of amides is 1. The minimum Gasteiger partial charge on any atom is -0.493 e. The number of halogens is 2. The van der Waals surface area contributed by atoms with Crippen LogP contribution in [0, 0.1) is 6.92 Å². The maximum absolute atomic E-state index is 13.2. The van der Waals surface area contributed by atoms with Crippen LogP contribution in [0.4, 0.5) is 8.78 Å². The predicted molar refractivity (Wildman–Crippen MR) is 119 cm³/mol. The number of ether oxygens (including phenoxy) is 2. The highest BCUT2D eigenvalue weighted by Gasteiger charge is 2.31. The van der Waals surface area contributed by atoms with E-state index in [0.29, 0.717) is 17.7 Å². The monoisotopic (exact) mass is 482 g/mol. The molecule has 7 nitrogen and oxygen atoms in total. The second kappa shape index (κ2) is 10.5. The SMILES string of the molecule is COc1cc(CNC(=O)c2cc(S(=O)(=O)N3CCCCC3C)ccc2C)ccc1OC(F)F. The van der Waals surface area contributed by atoms with Gasteiger partial charge in [-0.15, -0.1) is 0 Å². The zero-order chi connectivity index (χ0) is 24.2. The molecular weight excluding hydrogens is 454 g/mol. The summed E-state index contributed by atoms with van der Waals surface area (Å²) in [6.07, 6.45) is 2.62. The van der Waals surface area contributed by atoms with Gasteiger partial charge in [0.15, 0.2) is 11.5 Å². The number of nitrogens with one attached hydrogen (secondary N) is 1. The van der Waals surface area contributed by atoms with Crippen molar-refractivity contribution in [3.63, 3.8) is 0 Å². The minimum absolute atomic E-state index is 0.0853. The zero-order valence-corrected chi connectivity index (χ0v) is 19.6. The van der Waals surface area contributed by atoms with Crippen molar-refractivity contribution in [3.05, 3.63) is 53.1 Å². The lowest BCUT2D eigenvalue weighted by atomic mass is 10.1. The molecule has 0 saturated carbocycles. The van der Waals surface area contributed by atoms with E-state index in [1.165, 1.54) is 41.7 Å². The van der Waals surface area contributed by atoms with Gasteiger partial charge >= 0.3 is 6.61 Å². The number of methoxy groups -OCH3 is 1. The van der Waals surface area contributed by atoms with Crippen molar-refractivity contribution in [1.29, 1.82) is 0 Å². The molecule has 1 saturated heterocycles. The van der Waals surface area contributed by atoms with Crippen LogP contribution in [0.5, 0.6) is 11.5 Å². The summed E-state index contributed by atoms with van der Waals surface area (Å²) < 4.78 is 62.3. The Kier molecular flexibility index (Phi) is 7.91. The highest BCUT2D eigenvalue weighted by atomic mass is 32.2. The fraction of sp³-hybridized carbons (Fsp3) is 0.435. The molecule has 0 radical (unpaired) electrons. The van der Waals surface area contributed by atoms with Crippen molar-refractivity contribution in [2.24, 2.45) is 0 Å². The number of hydrogen-bond acceptors (Lipinski definition) is 5. The highest BCUT2D eigenvalue weighted by Crippen LogP contribution is 2.30. The van der Waals surface area contributed by atoms with Gasteiger partial charge in [0.25, 0.3) is 5.91 Å². The smallest absolute Gasteiger partial charge is 0.387 e. The van der Waals surface area contributed by atoms with Crippen molar-refractivity contribution in [3.8, 4) is 11.5 Å². The van der Waals surface area contributed by atoms with E-state index in [1.807, 2.05) is 6.92 Å². The maximum Gasteiger partial charge on any atom is 0.387 e. The molecule has 1 aliphatic heterocycles. The molecule has 0 aliphatic carbocycles. The predicted octanol–water partition coefficient (Wildman–Crippen LogP) is 4.10. The Morgan fingerprint density at radius 2 is 1.94 bits per heavy atom. The van der Waals surface area contributed by atoms with Gasteiger partial charge in [-0.05, 0) is 62.1 Å². The van der Waals surface area contributed by atoms with Crippen molar-refractivity contribution in [2.75, 3.05) is 13.7 Å². The van der Waals surface area contributed by atoms with Gasteiger partial charge in [-0.2, -0.15) is 13.1 Å². The number of alkyl halides is 2. The average molecular weight is 483 g/mol. The minimum atomic E-state index is -3.71. The zero-order valence-electron chi connectivity index (χ0n) is 18.8. The summed E-state index contributed by atoms with van der Waals surface area (Å²) >= 11 is 0. The van der Waals surface area contributed by atoms with Crippen LogP contribution < -0.4 is 14.8 Å². The van der Waals surface area contributed by atoms with Crippen LogP contribution in [0.3, 0.4) is 0 Å². The molecule has 0 bridgehead atoms. The van der Waals surface area contributed by atoms with E-state index < -0.39 is 22.5 Å². The topological polar surface area (TPSA) is 84.9 Å². The molecule has 3 rings (SSSR count). The number of carbonyl (C=O) groups excluding carboxylic acids is 1. The first-order valence-electron chi connectivity index (χ1n) is 10.7. The van der Waals surface area contributed by atoms with Crippen molar-refractivity contribution in [1.82, 2.24) is 9.62 Å². The summed E-state index contributed by atoms with van der Waals surface area (Å²) in [5.41, 5.74) is 1.49. The van der Waals surface area contributed by atoms with Gasteiger partial charge < -0.3 is 14.8 Å². The van der Waals surface area contributed by atoms with E-state index in [2.05, 4.69) is 10.1 Å². The first kappa shape index (κ1) is 24.9. The fourth-order valence-corrected chi connectivity index (χ4v) is 5.59. The molecule has 2 aromatic carbocycles. The third-order valence-electron chi connectivity index (χ3n) is 5.70. The Morgan fingerprint density at radius 3 is 2.61 bits per heavy atom. The Balaban J connectivity index is 1.77. The molecule has 33 heavy (non-hydrogen) atoms. The molecule has 0 spiro atoms. The second-order valence-electron chi connectivity index (χ2n) is 7.98. The van der Waals surface area contributed by atoms with Crippen LogP contribution in [0.25, 0.3) is 0 Å². The van der Waals surface area contributed by atoms with Crippen molar-refractivity contribution in [2.45, 2.75) is 57.2 Å². The van der Waals surface area contributed by atoms with Crippen LogP contribution in [0.1, 0.15) is 47.7 Å². The molecular formula is C23H28F2N2O5S. The molecule has 0 aromatic heterocycles. The van der Waals surface area contributed by atoms with Crippen LogP contribution in [0.15, 0.2) is 41.3 Å². The Bertz CT molecular complexity index is 1110. The number of piperidine rings is 1. The number of benzene rings is 2. The summed E-state index contributed by atoms with van der Waals surface area (Å²) in [7, 11) is -2.39. The average Bonchev–Trinajstić information content (AvgIpc) is 2.78. The van der Waals surface area contributed by atoms with E-state index in [4.69, 9.17) is 4.74 Å². The third kappa shape index (κ3) is 5.80. The van der Waals surface area contributed by atoms with Gasteiger partial charge in [-0.3, -0.25) is 4.79 Å². The molecule has 1 aliphatic rings. The summed E-state index contributed by atoms with van der Waals surface area (Å²) in [5, 5.41) is 2.74. The Morgan fingerprint density at radius 1 is 1.18 bits per heavy atom. The normalized spacial score (nSPS) is 17.1. The van der Waals surface area contributed by atoms with E-state index in [0.717, 1.165) is 19.3 Å². The van der Waals surface area contributed by atoms with E-state index in [1.54, 1.807) is 13.0 Å². The van der Waals surface area contributed by atoms with Crippen LogP contribution in [0.2, 0.25) is 0 Å². The highest BCUT2D eigenvalue weighted by molar-refractivity contribution is 7.89. The molecule has 1 amide bonds. The van der Waals surface area contributed by atoms with Crippen LogP contribution in [-0.4, -0.2) is 44.9 Å². The number of hydrogen-bond donors (Lipinski definition) is 1. The lowest BCUT2D eigenvalue weighted by Crippen LogP contribution is -2.42. The quantitative estimate of drug-likeness (QED) is 0.613. The number of nitrogens with zero attached hydrogens (tertiary/aromatic N) is 1. The molecule has 1 fully saturated rings. The summed E-state index contributed by atoms with van der Waals surface area (Å²) in [4.78, 5) is 12.9. The number of sulfonamides is 1. The lowest BCUT2D eigenvalue weighted by molar-refractivity contribution is -0.0512. The lowest BCUT2D eigenvalue weighted by Gasteiger charge is -2.32. The van der Waals surface area contributed by atoms with Gasteiger partial charge in [0.2, 0.25) is 10.0 Å². The van der Waals surface area contributed by atoms with E-state index in [9.17, 15) is 22.0 Å². The molecule has 1 heterocycles. The van der Waals surface area contributed by atoms with Gasteiger partial charge in [0, 0.05) is 24.7 Å². The first-order valence-corrected chi connectivity index (χ1v) is 12.1. The third-order valence-corrected chi connectivity index (χ3v) is 7.71. The van der Waals surface area contributed by atoms with Gasteiger partial charge in [0.1, 0.15) is 0 Å². The first-order chi connectivity index (χ1) is 15.6. The van der Waals surface area contributed by atoms with E-state index in [-0.39, 0.29) is 34.5 Å². The molecule has 10 heteroatoms. The Hall–Kier alpha value is -2.72. The molecule has 1 N–H and O–H groups in total. The number of rotatable bonds is 8. The Labute approximate surface area is 192 Å².